The van der Waals surface area contributed by atoms with Gasteiger partial charge in [-0.05, 0) is 37.3 Å². The van der Waals surface area contributed by atoms with Crippen LogP contribution in [-0.4, -0.2) is 5.91 Å². The molecule has 2 nitrogen and oxygen atoms in total. The van der Waals surface area contributed by atoms with E-state index in [2.05, 4.69) is 5.32 Å². The van der Waals surface area contributed by atoms with Crippen LogP contribution in [0.5, 0.6) is 0 Å². The number of halogens is 3. The van der Waals surface area contributed by atoms with Gasteiger partial charge < -0.3 is 5.32 Å². The van der Waals surface area contributed by atoms with Crippen LogP contribution >= 0.6 is 23.2 Å². The zero-order chi connectivity index (χ0) is 14.0. The highest BCUT2D eigenvalue weighted by molar-refractivity contribution is 6.36. The maximum absolute atomic E-state index is 12.9. The Kier molecular flexibility index (Phi) is 4.08. The summed E-state index contributed by atoms with van der Waals surface area (Å²) in [4.78, 5) is 12.1. The van der Waals surface area contributed by atoms with Gasteiger partial charge in [0, 0.05) is 0 Å². The fraction of sp³-hybridized carbons (Fsp3) is 0.0714. The molecule has 0 atom stereocenters. The van der Waals surface area contributed by atoms with Gasteiger partial charge in [0.1, 0.15) is 5.82 Å². The van der Waals surface area contributed by atoms with Crippen molar-refractivity contribution >= 4 is 34.8 Å². The maximum Gasteiger partial charge on any atom is 0.257 e. The van der Waals surface area contributed by atoms with E-state index in [1.54, 1.807) is 12.1 Å². The molecule has 0 unspecified atom stereocenters. The molecule has 0 saturated heterocycles. The van der Waals surface area contributed by atoms with Gasteiger partial charge in [0.05, 0.1) is 21.3 Å². The number of hydrogen-bond acceptors (Lipinski definition) is 1. The van der Waals surface area contributed by atoms with Crippen LogP contribution < -0.4 is 5.32 Å². The summed E-state index contributed by atoms with van der Waals surface area (Å²) < 4.78 is 12.9. The Bertz CT molecular complexity index is 643. The average Bonchev–Trinajstić information content (AvgIpc) is 2.35. The highest BCUT2D eigenvalue weighted by Crippen LogP contribution is 2.24. The van der Waals surface area contributed by atoms with E-state index in [9.17, 15) is 9.18 Å². The first-order valence-electron chi connectivity index (χ1n) is 5.50. The topological polar surface area (TPSA) is 29.1 Å². The van der Waals surface area contributed by atoms with Crippen LogP contribution in [0.3, 0.4) is 0 Å². The first-order valence-corrected chi connectivity index (χ1v) is 6.25. The summed E-state index contributed by atoms with van der Waals surface area (Å²) in [5, 5.41) is 3.08. The minimum Gasteiger partial charge on any atom is -0.321 e. The number of nitrogens with one attached hydrogen (secondary N) is 1. The SMILES string of the molecule is Cc1ccc(Cl)c(C(=O)Nc2ccc(F)cc2Cl)c1. The predicted octanol–water partition coefficient (Wildman–Crippen LogP) is 4.69. The van der Waals surface area contributed by atoms with Crippen molar-refractivity contribution in [1.29, 1.82) is 0 Å². The number of hydrogen-bond donors (Lipinski definition) is 1. The van der Waals surface area contributed by atoms with Gasteiger partial charge in [-0.3, -0.25) is 4.79 Å². The molecule has 98 valence electrons. The number of anilines is 1. The molecule has 0 aliphatic carbocycles. The smallest absolute Gasteiger partial charge is 0.257 e. The van der Waals surface area contributed by atoms with Crippen LogP contribution in [0.2, 0.25) is 10.0 Å². The molecule has 2 aromatic carbocycles. The number of benzene rings is 2. The Morgan fingerprint density at radius 1 is 1.11 bits per heavy atom. The molecular formula is C14H10Cl2FNO. The molecule has 0 bridgehead atoms. The number of aryl methyl sites for hydroxylation is 1. The van der Waals surface area contributed by atoms with Crippen molar-refractivity contribution < 1.29 is 9.18 Å². The number of rotatable bonds is 2. The van der Waals surface area contributed by atoms with E-state index >= 15 is 0 Å². The lowest BCUT2D eigenvalue weighted by atomic mass is 10.1. The number of amides is 1. The normalized spacial score (nSPS) is 10.3. The molecule has 0 spiro atoms. The highest BCUT2D eigenvalue weighted by Gasteiger charge is 2.12. The summed E-state index contributed by atoms with van der Waals surface area (Å²) >= 11 is 11.8. The van der Waals surface area contributed by atoms with E-state index < -0.39 is 5.82 Å². The Hall–Kier alpha value is -1.58. The van der Waals surface area contributed by atoms with Crippen molar-refractivity contribution in [2.45, 2.75) is 6.92 Å². The summed E-state index contributed by atoms with van der Waals surface area (Å²) in [5.41, 5.74) is 1.60. The molecule has 2 rings (SSSR count). The van der Waals surface area contributed by atoms with Gasteiger partial charge in [-0.15, -0.1) is 0 Å². The second kappa shape index (κ2) is 5.59. The molecular weight excluding hydrogens is 288 g/mol. The van der Waals surface area contributed by atoms with Gasteiger partial charge in [0.2, 0.25) is 0 Å². The quantitative estimate of drug-likeness (QED) is 0.856. The summed E-state index contributed by atoms with van der Waals surface area (Å²) in [6.45, 7) is 1.86. The molecule has 1 N–H and O–H groups in total. The molecule has 5 heteroatoms. The van der Waals surface area contributed by atoms with E-state index in [0.29, 0.717) is 16.3 Å². The van der Waals surface area contributed by atoms with Gasteiger partial charge in [-0.2, -0.15) is 0 Å². The lowest BCUT2D eigenvalue weighted by Crippen LogP contribution is -2.13. The maximum atomic E-state index is 12.9. The molecule has 19 heavy (non-hydrogen) atoms. The fourth-order valence-corrected chi connectivity index (χ4v) is 2.01. The lowest BCUT2D eigenvalue weighted by molar-refractivity contribution is 0.102. The first-order chi connectivity index (χ1) is 8.97. The molecule has 0 aliphatic rings. The zero-order valence-corrected chi connectivity index (χ0v) is 11.5. The van der Waals surface area contributed by atoms with Crippen molar-refractivity contribution in [2.75, 3.05) is 5.32 Å². The van der Waals surface area contributed by atoms with E-state index in [4.69, 9.17) is 23.2 Å². The molecule has 0 aromatic heterocycles. The predicted molar refractivity (Wildman–Crippen MR) is 75.6 cm³/mol. The van der Waals surface area contributed by atoms with Crippen LogP contribution in [0.25, 0.3) is 0 Å². The first kappa shape index (κ1) is 13.8. The summed E-state index contributed by atoms with van der Waals surface area (Å²) in [5.74, 6) is -0.848. The molecule has 0 radical (unpaired) electrons. The van der Waals surface area contributed by atoms with E-state index in [1.165, 1.54) is 12.1 Å². The number of carbonyl (C=O) groups excluding carboxylic acids is 1. The van der Waals surface area contributed by atoms with E-state index in [-0.39, 0.29) is 10.9 Å². The van der Waals surface area contributed by atoms with Crippen molar-refractivity contribution in [3.05, 3.63) is 63.4 Å². The second-order valence-corrected chi connectivity index (χ2v) is 4.88. The minimum absolute atomic E-state index is 0.136. The van der Waals surface area contributed by atoms with Gasteiger partial charge in [-0.1, -0.05) is 34.8 Å². The average molecular weight is 298 g/mol. The van der Waals surface area contributed by atoms with E-state index in [0.717, 1.165) is 11.6 Å². The summed E-state index contributed by atoms with van der Waals surface area (Å²) in [7, 11) is 0. The van der Waals surface area contributed by atoms with Gasteiger partial charge in [-0.25, -0.2) is 4.39 Å². The van der Waals surface area contributed by atoms with Crippen molar-refractivity contribution in [3.8, 4) is 0 Å². The Balaban J connectivity index is 2.28. The summed E-state index contributed by atoms with van der Waals surface area (Å²) in [6, 6.07) is 8.89. The monoisotopic (exact) mass is 297 g/mol. The van der Waals surface area contributed by atoms with Crippen LogP contribution in [0.4, 0.5) is 10.1 Å². The molecule has 2 aromatic rings. The standard InChI is InChI=1S/C14H10Cl2FNO/c1-8-2-4-11(15)10(6-8)14(19)18-13-5-3-9(17)7-12(13)16/h2-7H,1H3,(H,18,19). The third-order valence-electron chi connectivity index (χ3n) is 2.55. The Morgan fingerprint density at radius 2 is 1.84 bits per heavy atom. The van der Waals surface area contributed by atoms with Crippen LogP contribution in [0.1, 0.15) is 15.9 Å². The van der Waals surface area contributed by atoms with Gasteiger partial charge in [0.15, 0.2) is 0 Å². The largest absolute Gasteiger partial charge is 0.321 e. The molecule has 0 saturated carbocycles. The fourth-order valence-electron chi connectivity index (χ4n) is 1.59. The molecule has 0 aliphatic heterocycles. The third kappa shape index (κ3) is 3.25. The zero-order valence-electron chi connectivity index (χ0n) is 10.0. The van der Waals surface area contributed by atoms with Crippen LogP contribution in [-0.2, 0) is 0 Å². The van der Waals surface area contributed by atoms with E-state index in [1.807, 2.05) is 13.0 Å². The lowest BCUT2D eigenvalue weighted by Gasteiger charge is -2.09. The molecule has 0 fully saturated rings. The van der Waals surface area contributed by atoms with Gasteiger partial charge >= 0.3 is 0 Å². The van der Waals surface area contributed by atoms with Crippen LogP contribution in [0, 0.1) is 12.7 Å². The highest BCUT2D eigenvalue weighted by atomic mass is 35.5. The second-order valence-electron chi connectivity index (χ2n) is 4.06. The molecule has 1 amide bonds. The third-order valence-corrected chi connectivity index (χ3v) is 3.19. The van der Waals surface area contributed by atoms with Crippen molar-refractivity contribution in [2.24, 2.45) is 0 Å². The minimum atomic E-state index is -0.461. The summed E-state index contributed by atoms with van der Waals surface area (Å²) in [6.07, 6.45) is 0. The van der Waals surface area contributed by atoms with Gasteiger partial charge in [0.25, 0.3) is 5.91 Å². The Labute approximate surface area is 120 Å². The van der Waals surface area contributed by atoms with Crippen molar-refractivity contribution in [1.82, 2.24) is 0 Å². The van der Waals surface area contributed by atoms with Crippen molar-refractivity contribution in [3.63, 3.8) is 0 Å². The Morgan fingerprint density at radius 3 is 2.53 bits per heavy atom. The molecule has 0 heterocycles. The van der Waals surface area contributed by atoms with Crippen LogP contribution in [0.15, 0.2) is 36.4 Å². The number of carbonyl (C=O) groups is 1.